The fraction of sp³-hybridized carbons (Fsp3) is 0.240. The largest absolute Gasteiger partial charge is 0.338 e. The molecular formula is C25H26N2O3S. The van der Waals surface area contributed by atoms with Gasteiger partial charge < -0.3 is 4.90 Å². The Morgan fingerprint density at radius 1 is 0.839 bits per heavy atom. The number of fused-ring (bicyclic) bond motifs is 1. The first-order valence-corrected chi connectivity index (χ1v) is 12.0. The van der Waals surface area contributed by atoms with E-state index in [1.807, 2.05) is 47.4 Å². The summed E-state index contributed by atoms with van der Waals surface area (Å²) in [4.78, 5) is 14.8. The van der Waals surface area contributed by atoms with Crippen LogP contribution in [0.25, 0.3) is 0 Å². The van der Waals surface area contributed by atoms with Crippen molar-refractivity contribution < 1.29 is 13.2 Å². The van der Waals surface area contributed by atoms with Gasteiger partial charge in [-0.05, 0) is 47.2 Å². The summed E-state index contributed by atoms with van der Waals surface area (Å²) in [7, 11) is -3.58. The van der Waals surface area contributed by atoms with Gasteiger partial charge in [0.25, 0.3) is 0 Å². The zero-order valence-electron chi connectivity index (χ0n) is 17.3. The van der Waals surface area contributed by atoms with Gasteiger partial charge in [0, 0.05) is 26.1 Å². The van der Waals surface area contributed by atoms with E-state index in [1.54, 1.807) is 24.3 Å². The van der Waals surface area contributed by atoms with Crippen molar-refractivity contribution in [1.82, 2.24) is 9.62 Å². The molecule has 160 valence electrons. The van der Waals surface area contributed by atoms with Crippen molar-refractivity contribution in [2.24, 2.45) is 0 Å². The smallest absolute Gasteiger partial charge is 0.240 e. The van der Waals surface area contributed by atoms with Crippen LogP contribution in [0.1, 0.15) is 28.7 Å². The predicted octanol–water partition coefficient (Wildman–Crippen LogP) is 3.68. The summed E-state index contributed by atoms with van der Waals surface area (Å²) >= 11 is 0. The Kier molecular flexibility index (Phi) is 6.49. The summed E-state index contributed by atoms with van der Waals surface area (Å²) in [6, 6.07) is 24.4. The van der Waals surface area contributed by atoms with E-state index in [1.165, 1.54) is 11.1 Å². The fourth-order valence-corrected chi connectivity index (χ4v) is 4.83. The number of carbonyl (C=O) groups is 1. The maximum atomic E-state index is 12.6. The van der Waals surface area contributed by atoms with Crippen LogP contribution in [0.4, 0.5) is 0 Å². The van der Waals surface area contributed by atoms with Gasteiger partial charge in [0.1, 0.15) is 0 Å². The van der Waals surface area contributed by atoms with Crippen LogP contribution >= 0.6 is 0 Å². The van der Waals surface area contributed by atoms with Gasteiger partial charge in [-0.2, -0.15) is 0 Å². The molecule has 1 amide bonds. The lowest BCUT2D eigenvalue weighted by Gasteiger charge is -2.29. The Hall–Kier alpha value is -2.96. The van der Waals surface area contributed by atoms with Gasteiger partial charge in [-0.25, -0.2) is 13.1 Å². The average molecular weight is 435 g/mol. The lowest BCUT2D eigenvalue weighted by molar-refractivity contribution is -0.132. The second kappa shape index (κ2) is 9.45. The number of benzene rings is 3. The molecule has 0 aromatic heterocycles. The first kappa shape index (κ1) is 21.3. The molecule has 3 aromatic carbocycles. The third kappa shape index (κ3) is 5.40. The molecule has 0 bridgehead atoms. The number of nitrogens with one attached hydrogen (secondary N) is 1. The molecule has 0 unspecified atom stereocenters. The molecule has 6 heteroatoms. The maximum absolute atomic E-state index is 12.6. The summed E-state index contributed by atoms with van der Waals surface area (Å²) in [6.45, 7) is 1.66. The molecule has 0 saturated heterocycles. The maximum Gasteiger partial charge on any atom is 0.240 e. The van der Waals surface area contributed by atoms with Crippen molar-refractivity contribution in [1.29, 1.82) is 0 Å². The van der Waals surface area contributed by atoms with E-state index in [4.69, 9.17) is 0 Å². The van der Waals surface area contributed by atoms with Gasteiger partial charge in [0.05, 0.1) is 4.90 Å². The third-order valence-electron chi connectivity index (χ3n) is 5.65. The van der Waals surface area contributed by atoms with Crippen LogP contribution in [0, 0.1) is 0 Å². The summed E-state index contributed by atoms with van der Waals surface area (Å²) in [5, 5.41) is 0. The molecule has 0 spiro atoms. The zero-order valence-corrected chi connectivity index (χ0v) is 18.1. The van der Waals surface area contributed by atoms with Crippen LogP contribution in [0.5, 0.6) is 0 Å². The molecule has 0 saturated carbocycles. The van der Waals surface area contributed by atoms with E-state index in [0.717, 1.165) is 24.1 Å². The molecule has 0 atom stereocenters. The lowest BCUT2D eigenvalue weighted by atomic mass is 9.99. The highest BCUT2D eigenvalue weighted by atomic mass is 32.2. The van der Waals surface area contributed by atoms with Gasteiger partial charge in [-0.15, -0.1) is 0 Å². The topological polar surface area (TPSA) is 66.5 Å². The predicted molar refractivity (Wildman–Crippen MR) is 121 cm³/mol. The van der Waals surface area contributed by atoms with Crippen molar-refractivity contribution >= 4 is 15.9 Å². The minimum Gasteiger partial charge on any atom is -0.338 e. The summed E-state index contributed by atoms with van der Waals surface area (Å²) < 4.78 is 27.7. The molecule has 4 rings (SSSR count). The second-order valence-corrected chi connectivity index (χ2v) is 9.56. The highest BCUT2D eigenvalue weighted by Gasteiger charge is 2.20. The SMILES string of the molecule is O=C(CCc1ccc(S(=O)(=O)NCc2ccccc2)cc1)N1CCc2ccccc2C1. The minimum atomic E-state index is -3.58. The summed E-state index contributed by atoms with van der Waals surface area (Å²) in [5.41, 5.74) is 4.40. The molecule has 1 heterocycles. The summed E-state index contributed by atoms with van der Waals surface area (Å²) in [6.07, 6.45) is 1.90. The number of hydrogen-bond acceptors (Lipinski definition) is 3. The Morgan fingerprint density at radius 3 is 2.26 bits per heavy atom. The van der Waals surface area contributed by atoms with Crippen molar-refractivity contribution in [2.45, 2.75) is 37.2 Å². The molecule has 31 heavy (non-hydrogen) atoms. The van der Waals surface area contributed by atoms with E-state index in [9.17, 15) is 13.2 Å². The van der Waals surface area contributed by atoms with Crippen molar-refractivity contribution in [3.8, 4) is 0 Å². The van der Waals surface area contributed by atoms with Crippen molar-refractivity contribution in [2.75, 3.05) is 6.54 Å². The fourth-order valence-electron chi connectivity index (χ4n) is 3.81. The number of amides is 1. The molecule has 5 nitrogen and oxygen atoms in total. The van der Waals surface area contributed by atoms with Gasteiger partial charge in [0.15, 0.2) is 0 Å². The average Bonchev–Trinajstić information content (AvgIpc) is 2.82. The highest BCUT2D eigenvalue weighted by Crippen LogP contribution is 2.20. The minimum absolute atomic E-state index is 0.135. The second-order valence-electron chi connectivity index (χ2n) is 7.79. The van der Waals surface area contributed by atoms with Crippen LogP contribution < -0.4 is 4.72 Å². The zero-order chi connectivity index (χ0) is 21.7. The monoisotopic (exact) mass is 434 g/mol. The number of rotatable bonds is 7. The molecule has 1 N–H and O–H groups in total. The van der Waals surface area contributed by atoms with E-state index in [0.29, 0.717) is 19.4 Å². The van der Waals surface area contributed by atoms with Gasteiger partial charge in [0.2, 0.25) is 15.9 Å². The Morgan fingerprint density at radius 2 is 1.52 bits per heavy atom. The number of nitrogens with zero attached hydrogens (tertiary/aromatic N) is 1. The highest BCUT2D eigenvalue weighted by molar-refractivity contribution is 7.89. The normalized spacial score (nSPS) is 13.6. The van der Waals surface area contributed by atoms with Gasteiger partial charge in [-0.3, -0.25) is 4.79 Å². The molecule has 3 aromatic rings. The van der Waals surface area contributed by atoms with Crippen molar-refractivity contribution in [3.05, 3.63) is 101 Å². The van der Waals surface area contributed by atoms with E-state index < -0.39 is 10.0 Å². The quantitative estimate of drug-likeness (QED) is 0.617. The number of aryl methyl sites for hydroxylation is 1. The van der Waals surface area contributed by atoms with Crippen LogP contribution in [-0.2, 0) is 40.7 Å². The van der Waals surface area contributed by atoms with E-state index in [2.05, 4.69) is 16.9 Å². The molecule has 0 aliphatic carbocycles. The first-order chi connectivity index (χ1) is 15.0. The lowest BCUT2D eigenvalue weighted by Crippen LogP contribution is -2.36. The van der Waals surface area contributed by atoms with Crippen LogP contribution in [-0.4, -0.2) is 25.8 Å². The van der Waals surface area contributed by atoms with Crippen molar-refractivity contribution in [3.63, 3.8) is 0 Å². The number of hydrogen-bond donors (Lipinski definition) is 1. The molecule has 1 aliphatic heterocycles. The Labute approximate surface area is 183 Å². The molecule has 1 aliphatic rings. The van der Waals surface area contributed by atoms with Crippen LogP contribution in [0.3, 0.4) is 0 Å². The molecule has 0 fully saturated rings. The standard InChI is InChI=1S/C25H26N2O3S/c28-25(27-17-16-22-8-4-5-9-23(22)19-27)15-12-20-10-13-24(14-11-20)31(29,30)26-18-21-6-2-1-3-7-21/h1-11,13-14,26H,12,15-19H2. The first-order valence-electron chi connectivity index (χ1n) is 10.5. The summed E-state index contributed by atoms with van der Waals surface area (Å²) in [5.74, 6) is 0.135. The van der Waals surface area contributed by atoms with E-state index in [-0.39, 0.29) is 17.3 Å². The Balaban J connectivity index is 1.31. The van der Waals surface area contributed by atoms with Crippen LogP contribution in [0.15, 0.2) is 83.8 Å². The number of sulfonamides is 1. The third-order valence-corrected chi connectivity index (χ3v) is 7.07. The molecule has 0 radical (unpaired) electrons. The van der Waals surface area contributed by atoms with Gasteiger partial charge >= 0.3 is 0 Å². The van der Waals surface area contributed by atoms with Gasteiger partial charge in [-0.1, -0.05) is 66.7 Å². The van der Waals surface area contributed by atoms with Crippen LogP contribution in [0.2, 0.25) is 0 Å². The van der Waals surface area contributed by atoms with E-state index >= 15 is 0 Å². The molecular weight excluding hydrogens is 408 g/mol. The number of carbonyl (C=O) groups excluding carboxylic acids is 1. The Bertz CT molecular complexity index is 1140.